The zero-order valence-electron chi connectivity index (χ0n) is 19.5. The Kier molecular flexibility index (Phi) is 5.81. The van der Waals surface area contributed by atoms with Gasteiger partial charge in [0.15, 0.2) is 0 Å². The summed E-state index contributed by atoms with van der Waals surface area (Å²) in [6.07, 6.45) is 1.77. The van der Waals surface area contributed by atoms with E-state index in [1.807, 2.05) is 64.3 Å². The molecule has 0 aliphatic carbocycles. The van der Waals surface area contributed by atoms with Gasteiger partial charge >= 0.3 is 0 Å². The maximum absolute atomic E-state index is 13.4. The molecule has 9 heteroatoms. The molecule has 0 bridgehead atoms. The van der Waals surface area contributed by atoms with E-state index < -0.39 is 10.0 Å². The molecule has 1 aromatic carbocycles. The summed E-state index contributed by atoms with van der Waals surface area (Å²) in [6, 6.07) is 5.81. The number of imidazole rings is 1. The Morgan fingerprint density at radius 3 is 1.97 bits per heavy atom. The molecule has 1 aliphatic rings. The zero-order chi connectivity index (χ0) is 23.2. The number of piperazine rings is 1. The van der Waals surface area contributed by atoms with Crippen LogP contribution in [0.25, 0.3) is 5.82 Å². The number of aryl methyl sites for hydroxylation is 5. The molecule has 8 nitrogen and oxygen atoms in total. The smallest absolute Gasteiger partial charge is 0.243 e. The standard InChI is InChI=1S/C23H30N6O2S/c1-15-11-16(2)23(17(3)12-15)32(30,31)28-9-7-27(8-10-28)21-13-22(26-20(6)25-21)29-14-24-18(4)19(29)5/h11-14H,7-10H2,1-6H3. The average molecular weight is 455 g/mol. The summed E-state index contributed by atoms with van der Waals surface area (Å²) in [5.74, 6) is 2.24. The molecule has 0 atom stereocenters. The normalized spacial score (nSPS) is 15.4. The largest absolute Gasteiger partial charge is 0.354 e. The van der Waals surface area contributed by atoms with E-state index in [0.29, 0.717) is 36.9 Å². The predicted molar refractivity (Wildman–Crippen MR) is 125 cm³/mol. The Morgan fingerprint density at radius 2 is 1.41 bits per heavy atom. The lowest BCUT2D eigenvalue weighted by atomic mass is 10.1. The predicted octanol–water partition coefficient (Wildman–Crippen LogP) is 3.02. The molecular formula is C23H30N6O2S. The summed E-state index contributed by atoms with van der Waals surface area (Å²) >= 11 is 0. The lowest BCUT2D eigenvalue weighted by Gasteiger charge is -2.35. The van der Waals surface area contributed by atoms with Gasteiger partial charge in [0, 0.05) is 37.9 Å². The van der Waals surface area contributed by atoms with E-state index in [1.165, 1.54) is 0 Å². The van der Waals surface area contributed by atoms with Gasteiger partial charge in [0.1, 0.15) is 23.8 Å². The van der Waals surface area contributed by atoms with Crippen molar-refractivity contribution in [1.82, 2.24) is 23.8 Å². The van der Waals surface area contributed by atoms with Crippen molar-refractivity contribution in [3.63, 3.8) is 0 Å². The van der Waals surface area contributed by atoms with Crippen molar-refractivity contribution in [3.8, 4) is 5.82 Å². The summed E-state index contributed by atoms with van der Waals surface area (Å²) in [7, 11) is -3.55. The maximum atomic E-state index is 13.4. The third-order valence-electron chi connectivity index (χ3n) is 6.07. The first kappa shape index (κ1) is 22.4. The first-order valence-electron chi connectivity index (χ1n) is 10.8. The molecule has 1 fully saturated rings. The van der Waals surface area contributed by atoms with E-state index in [9.17, 15) is 8.42 Å². The first-order valence-corrected chi connectivity index (χ1v) is 12.2. The SMILES string of the molecule is Cc1cc(C)c(S(=O)(=O)N2CCN(c3cc(-n4cnc(C)c4C)nc(C)n3)CC2)c(C)c1. The van der Waals surface area contributed by atoms with Crippen LogP contribution in [0.3, 0.4) is 0 Å². The van der Waals surface area contributed by atoms with Crippen LogP contribution in [0.15, 0.2) is 29.4 Å². The highest BCUT2D eigenvalue weighted by Crippen LogP contribution is 2.27. The van der Waals surface area contributed by atoms with Crippen LogP contribution < -0.4 is 4.90 Å². The number of rotatable bonds is 4. The summed E-state index contributed by atoms with van der Waals surface area (Å²) in [4.78, 5) is 16.1. The number of sulfonamides is 1. The van der Waals surface area contributed by atoms with Crippen LogP contribution in [0.1, 0.15) is 33.9 Å². The summed E-state index contributed by atoms with van der Waals surface area (Å²) in [5.41, 5.74) is 4.66. The van der Waals surface area contributed by atoms with Crippen molar-refractivity contribution in [2.45, 2.75) is 46.4 Å². The van der Waals surface area contributed by atoms with Crippen molar-refractivity contribution in [3.05, 3.63) is 58.4 Å². The minimum Gasteiger partial charge on any atom is -0.354 e. The van der Waals surface area contributed by atoms with Crippen LogP contribution in [-0.2, 0) is 10.0 Å². The Morgan fingerprint density at radius 1 is 0.812 bits per heavy atom. The molecule has 0 N–H and O–H groups in total. The van der Waals surface area contributed by atoms with E-state index >= 15 is 0 Å². The van der Waals surface area contributed by atoms with Gasteiger partial charge in [-0.05, 0) is 52.7 Å². The van der Waals surface area contributed by atoms with Crippen molar-refractivity contribution >= 4 is 15.8 Å². The van der Waals surface area contributed by atoms with Gasteiger partial charge in [-0.25, -0.2) is 23.4 Å². The Balaban J connectivity index is 1.56. The average Bonchev–Trinajstić information content (AvgIpc) is 3.05. The molecule has 32 heavy (non-hydrogen) atoms. The van der Waals surface area contributed by atoms with E-state index in [4.69, 9.17) is 0 Å². The van der Waals surface area contributed by atoms with Gasteiger partial charge in [-0.3, -0.25) is 4.57 Å². The Hall–Kier alpha value is -2.78. The van der Waals surface area contributed by atoms with E-state index in [0.717, 1.165) is 39.7 Å². The van der Waals surface area contributed by atoms with Crippen LogP contribution in [0, 0.1) is 41.5 Å². The fourth-order valence-electron chi connectivity index (χ4n) is 4.41. The maximum Gasteiger partial charge on any atom is 0.243 e. The summed E-state index contributed by atoms with van der Waals surface area (Å²) in [6.45, 7) is 13.5. The highest BCUT2D eigenvalue weighted by molar-refractivity contribution is 7.89. The number of hydrogen-bond donors (Lipinski definition) is 0. The quantitative estimate of drug-likeness (QED) is 0.603. The minimum atomic E-state index is -3.55. The van der Waals surface area contributed by atoms with Crippen LogP contribution in [0.2, 0.25) is 0 Å². The molecular weight excluding hydrogens is 424 g/mol. The fraction of sp³-hybridized carbons (Fsp3) is 0.435. The highest BCUT2D eigenvalue weighted by atomic mass is 32.2. The molecule has 1 aliphatic heterocycles. The Bertz CT molecular complexity index is 1250. The van der Waals surface area contributed by atoms with Crippen LogP contribution in [0.4, 0.5) is 5.82 Å². The minimum absolute atomic E-state index is 0.413. The van der Waals surface area contributed by atoms with Gasteiger partial charge in [-0.1, -0.05) is 17.7 Å². The van der Waals surface area contributed by atoms with Crippen LogP contribution in [0.5, 0.6) is 0 Å². The zero-order valence-corrected chi connectivity index (χ0v) is 20.4. The fourth-order valence-corrected chi connectivity index (χ4v) is 6.25. The van der Waals surface area contributed by atoms with Gasteiger partial charge in [-0.2, -0.15) is 4.31 Å². The molecule has 0 spiro atoms. The van der Waals surface area contributed by atoms with Crippen molar-refractivity contribution in [2.24, 2.45) is 0 Å². The van der Waals surface area contributed by atoms with E-state index in [-0.39, 0.29) is 0 Å². The Labute approximate surface area is 190 Å². The molecule has 170 valence electrons. The number of nitrogens with zero attached hydrogens (tertiary/aromatic N) is 6. The topological polar surface area (TPSA) is 84.2 Å². The summed E-state index contributed by atoms with van der Waals surface area (Å²) in [5, 5.41) is 0. The second kappa shape index (κ2) is 8.29. The highest BCUT2D eigenvalue weighted by Gasteiger charge is 2.31. The third kappa shape index (κ3) is 4.02. The van der Waals surface area contributed by atoms with Crippen molar-refractivity contribution in [1.29, 1.82) is 0 Å². The van der Waals surface area contributed by atoms with E-state index in [1.54, 1.807) is 10.6 Å². The van der Waals surface area contributed by atoms with Crippen LogP contribution in [-0.4, -0.2) is 58.4 Å². The molecule has 2 aromatic heterocycles. The number of anilines is 1. The first-order chi connectivity index (χ1) is 15.1. The molecule has 1 saturated heterocycles. The van der Waals surface area contributed by atoms with Gasteiger partial charge in [-0.15, -0.1) is 0 Å². The van der Waals surface area contributed by atoms with Crippen molar-refractivity contribution in [2.75, 3.05) is 31.1 Å². The van der Waals surface area contributed by atoms with Gasteiger partial charge in [0.2, 0.25) is 10.0 Å². The molecule has 3 aromatic rings. The monoisotopic (exact) mass is 454 g/mol. The second-order valence-corrected chi connectivity index (χ2v) is 10.4. The van der Waals surface area contributed by atoms with Crippen LogP contribution >= 0.6 is 0 Å². The molecule has 0 saturated carbocycles. The molecule has 3 heterocycles. The lowest BCUT2D eigenvalue weighted by molar-refractivity contribution is 0.383. The van der Waals surface area contributed by atoms with E-state index in [2.05, 4.69) is 19.9 Å². The lowest BCUT2D eigenvalue weighted by Crippen LogP contribution is -2.49. The second-order valence-electron chi connectivity index (χ2n) is 8.54. The van der Waals surface area contributed by atoms with Gasteiger partial charge in [0.05, 0.1) is 10.6 Å². The van der Waals surface area contributed by atoms with Gasteiger partial charge in [0.25, 0.3) is 0 Å². The van der Waals surface area contributed by atoms with Gasteiger partial charge < -0.3 is 4.90 Å². The molecule has 4 rings (SSSR count). The molecule has 0 radical (unpaired) electrons. The molecule has 0 unspecified atom stereocenters. The number of aromatic nitrogens is 4. The van der Waals surface area contributed by atoms with Crippen molar-refractivity contribution < 1.29 is 8.42 Å². The third-order valence-corrected chi connectivity index (χ3v) is 8.28. The summed E-state index contributed by atoms with van der Waals surface area (Å²) < 4.78 is 30.3. The number of hydrogen-bond acceptors (Lipinski definition) is 6. The number of benzene rings is 1. The molecule has 0 amide bonds.